The van der Waals surface area contributed by atoms with Gasteiger partial charge >= 0.3 is 6.03 Å². The molecule has 27 heavy (non-hydrogen) atoms. The Balaban J connectivity index is 1.72. The van der Waals surface area contributed by atoms with Crippen LogP contribution in [0.5, 0.6) is 5.75 Å². The number of rotatable bonds is 6. The fourth-order valence-corrected chi connectivity index (χ4v) is 2.99. The maximum atomic E-state index is 12.8. The Morgan fingerprint density at radius 2 is 1.93 bits per heavy atom. The van der Waals surface area contributed by atoms with Crippen LogP contribution < -0.4 is 10.1 Å². The van der Waals surface area contributed by atoms with Gasteiger partial charge in [-0.1, -0.05) is 24.3 Å². The zero-order chi connectivity index (χ0) is 19.6. The average Bonchev–Trinajstić information content (AvgIpc) is 2.86. The molecule has 140 valence electrons. The van der Waals surface area contributed by atoms with E-state index in [4.69, 9.17) is 4.74 Å². The van der Waals surface area contributed by atoms with Gasteiger partial charge in [0.25, 0.3) is 11.6 Å². The molecule has 0 aromatic heterocycles. The van der Waals surface area contributed by atoms with Crippen molar-refractivity contribution in [2.75, 3.05) is 13.2 Å². The molecule has 1 aliphatic heterocycles. The van der Waals surface area contributed by atoms with Gasteiger partial charge in [0.2, 0.25) is 0 Å². The molecule has 1 N–H and O–H groups in total. The summed E-state index contributed by atoms with van der Waals surface area (Å²) in [5.74, 6) is 0.185. The second-order valence-electron chi connectivity index (χ2n) is 6.48. The van der Waals surface area contributed by atoms with E-state index < -0.39 is 22.4 Å². The molecule has 0 spiro atoms. The first kappa shape index (κ1) is 18.4. The lowest BCUT2D eigenvalue weighted by atomic mass is 9.91. The molecule has 2 aromatic rings. The van der Waals surface area contributed by atoms with Gasteiger partial charge in [-0.05, 0) is 37.1 Å². The number of nitro groups is 1. The molecule has 0 aliphatic carbocycles. The topological polar surface area (TPSA) is 102 Å². The highest BCUT2D eigenvalue weighted by Gasteiger charge is 2.49. The second-order valence-corrected chi connectivity index (χ2v) is 6.48. The van der Waals surface area contributed by atoms with Crippen molar-refractivity contribution >= 4 is 17.6 Å². The molecular formula is C19H19N3O5. The Morgan fingerprint density at radius 1 is 1.19 bits per heavy atom. The number of benzene rings is 2. The van der Waals surface area contributed by atoms with Gasteiger partial charge in [0.15, 0.2) is 0 Å². The molecule has 8 nitrogen and oxygen atoms in total. The minimum Gasteiger partial charge on any atom is -0.492 e. The maximum Gasteiger partial charge on any atom is 0.325 e. The first-order chi connectivity index (χ1) is 12.8. The monoisotopic (exact) mass is 369 g/mol. The van der Waals surface area contributed by atoms with Gasteiger partial charge in [0.05, 0.1) is 11.5 Å². The van der Waals surface area contributed by atoms with Crippen molar-refractivity contribution in [3.63, 3.8) is 0 Å². The van der Waals surface area contributed by atoms with E-state index in [1.165, 1.54) is 25.1 Å². The first-order valence-electron chi connectivity index (χ1n) is 8.40. The van der Waals surface area contributed by atoms with Crippen LogP contribution in [0, 0.1) is 17.0 Å². The van der Waals surface area contributed by atoms with Crippen LogP contribution in [0.2, 0.25) is 0 Å². The fourth-order valence-electron chi connectivity index (χ4n) is 2.99. The summed E-state index contributed by atoms with van der Waals surface area (Å²) in [5.41, 5.74) is -0.0956. The quantitative estimate of drug-likeness (QED) is 0.479. The zero-order valence-corrected chi connectivity index (χ0v) is 15.0. The number of hydrogen-bond donors (Lipinski definition) is 1. The molecule has 1 atom stereocenters. The number of nitrogens with one attached hydrogen (secondary N) is 1. The summed E-state index contributed by atoms with van der Waals surface area (Å²) in [6.45, 7) is 3.69. The molecule has 1 heterocycles. The highest BCUT2D eigenvalue weighted by Crippen LogP contribution is 2.30. The average molecular weight is 369 g/mol. The summed E-state index contributed by atoms with van der Waals surface area (Å²) in [6.07, 6.45) is 0. The van der Waals surface area contributed by atoms with Crippen molar-refractivity contribution in [3.05, 3.63) is 69.8 Å². The zero-order valence-electron chi connectivity index (χ0n) is 15.0. The molecule has 1 saturated heterocycles. The van der Waals surface area contributed by atoms with E-state index in [0.717, 1.165) is 10.5 Å². The number of imide groups is 1. The molecule has 1 fully saturated rings. The Hall–Kier alpha value is -3.42. The number of ether oxygens (including phenoxy) is 1. The molecule has 0 radical (unpaired) electrons. The van der Waals surface area contributed by atoms with E-state index in [1.54, 1.807) is 12.1 Å². The summed E-state index contributed by atoms with van der Waals surface area (Å²) in [6, 6.07) is 12.6. The van der Waals surface area contributed by atoms with Gasteiger partial charge in [-0.15, -0.1) is 0 Å². The van der Waals surface area contributed by atoms with Crippen molar-refractivity contribution in [3.8, 4) is 5.75 Å². The Morgan fingerprint density at radius 3 is 2.63 bits per heavy atom. The highest BCUT2D eigenvalue weighted by atomic mass is 16.6. The van der Waals surface area contributed by atoms with Gasteiger partial charge in [-0.3, -0.25) is 19.8 Å². The molecule has 1 aliphatic rings. The molecule has 8 heteroatoms. The smallest absolute Gasteiger partial charge is 0.325 e. The van der Waals surface area contributed by atoms with Crippen LogP contribution in [0.4, 0.5) is 10.5 Å². The minimum atomic E-state index is -1.35. The van der Waals surface area contributed by atoms with E-state index in [-0.39, 0.29) is 18.8 Å². The Labute approximate surface area is 155 Å². The third kappa shape index (κ3) is 3.59. The predicted octanol–water partition coefficient (Wildman–Crippen LogP) is 2.75. The molecular weight excluding hydrogens is 350 g/mol. The summed E-state index contributed by atoms with van der Waals surface area (Å²) in [4.78, 5) is 36.6. The van der Waals surface area contributed by atoms with Crippen molar-refractivity contribution in [2.24, 2.45) is 0 Å². The van der Waals surface area contributed by atoms with Gasteiger partial charge in [-0.25, -0.2) is 4.79 Å². The summed E-state index contributed by atoms with van der Waals surface area (Å²) >= 11 is 0. The van der Waals surface area contributed by atoms with Crippen molar-refractivity contribution in [1.29, 1.82) is 0 Å². The molecule has 0 saturated carbocycles. The van der Waals surface area contributed by atoms with Gasteiger partial charge in [0, 0.05) is 12.1 Å². The van der Waals surface area contributed by atoms with Crippen molar-refractivity contribution in [2.45, 2.75) is 19.4 Å². The lowest BCUT2D eigenvalue weighted by Gasteiger charge is -2.22. The van der Waals surface area contributed by atoms with E-state index >= 15 is 0 Å². The third-order valence-electron chi connectivity index (χ3n) is 4.48. The van der Waals surface area contributed by atoms with E-state index in [1.807, 2.05) is 25.1 Å². The number of urea groups is 1. The van der Waals surface area contributed by atoms with Crippen LogP contribution in [0.15, 0.2) is 48.5 Å². The van der Waals surface area contributed by atoms with Crippen LogP contribution in [-0.4, -0.2) is 34.9 Å². The number of carbonyl (C=O) groups is 2. The van der Waals surface area contributed by atoms with Crippen LogP contribution >= 0.6 is 0 Å². The number of hydrogen-bond acceptors (Lipinski definition) is 5. The molecule has 3 amide bonds. The van der Waals surface area contributed by atoms with Crippen molar-refractivity contribution < 1.29 is 19.2 Å². The van der Waals surface area contributed by atoms with Crippen LogP contribution in [0.25, 0.3) is 0 Å². The molecule has 2 aromatic carbocycles. The van der Waals surface area contributed by atoms with Crippen LogP contribution in [0.3, 0.4) is 0 Å². The fraction of sp³-hybridized carbons (Fsp3) is 0.263. The lowest BCUT2D eigenvalue weighted by molar-refractivity contribution is -0.385. The number of amides is 3. The number of carbonyl (C=O) groups excluding carboxylic acids is 2. The van der Waals surface area contributed by atoms with Crippen LogP contribution in [0.1, 0.15) is 18.1 Å². The van der Waals surface area contributed by atoms with Gasteiger partial charge < -0.3 is 10.1 Å². The Bertz CT molecular complexity index is 914. The predicted molar refractivity (Wildman–Crippen MR) is 97.4 cm³/mol. The summed E-state index contributed by atoms with van der Waals surface area (Å²) < 4.78 is 5.61. The molecule has 1 unspecified atom stereocenters. The number of aryl methyl sites for hydroxylation is 1. The lowest BCUT2D eigenvalue weighted by Crippen LogP contribution is -2.41. The van der Waals surface area contributed by atoms with Gasteiger partial charge in [0.1, 0.15) is 17.9 Å². The second kappa shape index (κ2) is 7.06. The normalized spacial score (nSPS) is 19.1. The number of nitro benzene ring substituents is 1. The molecule has 3 rings (SSSR count). The van der Waals surface area contributed by atoms with Gasteiger partial charge in [-0.2, -0.15) is 0 Å². The van der Waals surface area contributed by atoms with E-state index in [2.05, 4.69) is 5.32 Å². The Kier molecular flexibility index (Phi) is 4.81. The SMILES string of the molecule is Cc1cccc(OCCN2C(=O)NC(C)(c3cccc([N+](=O)[O-])c3)C2=O)c1. The maximum absolute atomic E-state index is 12.8. The first-order valence-corrected chi connectivity index (χ1v) is 8.40. The van der Waals surface area contributed by atoms with Crippen LogP contribution in [-0.2, 0) is 10.3 Å². The van der Waals surface area contributed by atoms with Crippen molar-refractivity contribution in [1.82, 2.24) is 10.2 Å². The number of non-ortho nitro benzene ring substituents is 1. The minimum absolute atomic E-state index is 0.0725. The number of nitrogens with zero attached hydrogens (tertiary/aromatic N) is 2. The standard InChI is InChI=1S/C19H19N3O5/c1-13-5-3-8-16(11-13)27-10-9-21-17(23)19(2,20-18(21)24)14-6-4-7-15(12-14)22(25)26/h3-8,11-12H,9-10H2,1-2H3,(H,20,24). The summed E-state index contributed by atoms with van der Waals surface area (Å²) in [7, 11) is 0. The highest BCUT2D eigenvalue weighted by molar-refractivity contribution is 6.07. The van der Waals surface area contributed by atoms with E-state index in [9.17, 15) is 19.7 Å². The summed E-state index contributed by atoms with van der Waals surface area (Å²) in [5, 5.41) is 13.6. The van der Waals surface area contributed by atoms with E-state index in [0.29, 0.717) is 11.3 Å². The third-order valence-corrected chi connectivity index (χ3v) is 4.48. The largest absolute Gasteiger partial charge is 0.492 e. The molecule has 0 bridgehead atoms.